The number of hydrogen-bond acceptors (Lipinski definition) is 3. The fourth-order valence-electron chi connectivity index (χ4n) is 0.576. The molecule has 0 aromatic heterocycles. The van der Waals surface area contributed by atoms with E-state index in [2.05, 4.69) is 13.2 Å². The molecule has 4 heteroatoms. The van der Waals surface area contributed by atoms with Crippen molar-refractivity contribution in [2.75, 3.05) is 13.1 Å². The van der Waals surface area contributed by atoms with Crippen molar-refractivity contribution in [3.63, 3.8) is 0 Å². The maximum absolute atomic E-state index is 6.83. The van der Waals surface area contributed by atoms with E-state index in [1.54, 1.807) is 12.2 Å². The average molecular weight is 155 g/mol. The second-order valence-electron chi connectivity index (χ2n) is 1.88. The first-order chi connectivity index (χ1) is 5.20. The molecule has 0 radical (unpaired) electrons. The normalized spacial score (nSPS) is 9.18. The van der Waals surface area contributed by atoms with E-state index in [-0.39, 0.29) is 6.02 Å². The van der Waals surface area contributed by atoms with Crippen LogP contribution < -0.4 is 5.73 Å². The van der Waals surface area contributed by atoms with Crippen LogP contribution in [0.15, 0.2) is 25.3 Å². The molecule has 0 spiro atoms. The summed E-state index contributed by atoms with van der Waals surface area (Å²) in [4.78, 5) is 4.78. The lowest BCUT2D eigenvalue weighted by molar-refractivity contribution is -0.0538. The minimum absolute atomic E-state index is 0.325. The summed E-state index contributed by atoms with van der Waals surface area (Å²) in [7, 11) is 0. The molecule has 0 aliphatic carbocycles. The highest BCUT2D eigenvalue weighted by molar-refractivity contribution is 5.67. The Morgan fingerprint density at radius 1 is 1.45 bits per heavy atom. The topological polar surface area (TPSA) is 62.3 Å². The Morgan fingerprint density at radius 2 is 1.91 bits per heavy atom. The maximum Gasteiger partial charge on any atom is 0.299 e. The van der Waals surface area contributed by atoms with Crippen molar-refractivity contribution in [1.29, 1.82) is 5.41 Å². The zero-order chi connectivity index (χ0) is 8.69. The number of hydrogen-bond donors (Lipinski definition) is 2. The number of nitrogens with one attached hydrogen (secondary N) is 1. The number of nitrogens with zero attached hydrogens (tertiary/aromatic N) is 1. The van der Waals surface area contributed by atoms with E-state index in [1.165, 1.54) is 5.06 Å². The van der Waals surface area contributed by atoms with Crippen LogP contribution in [0.1, 0.15) is 0 Å². The molecule has 11 heavy (non-hydrogen) atoms. The highest BCUT2D eigenvalue weighted by Crippen LogP contribution is 1.89. The van der Waals surface area contributed by atoms with Gasteiger partial charge in [-0.3, -0.25) is 5.41 Å². The van der Waals surface area contributed by atoms with Gasteiger partial charge in [-0.25, -0.2) is 0 Å². The molecular weight excluding hydrogens is 142 g/mol. The third kappa shape index (κ3) is 5.17. The van der Waals surface area contributed by atoms with Gasteiger partial charge in [-0.05, 0) is 0 Å². The largest absolute Gasteiger partial charge is 0.368 e. The molecule has 0 rings (SSSR count). The summed E-state index contributed by atoms with van der Waals surface area (Å²) in [6.45, 7) is 8.08. The third-order valence-electron chi connectivity index (χ3n) is 0.893. The Hall–Kier alpha value is -1.29. The summed E-state index contributed by atoms with van der Waals surface area (Å²) in [6, 6.07) is -0.325. The van der Waals surface area contributed by atoms with Crippen LogP contribution in [0.25, 0.3) is 0 Å². The van der Waals surface area contributed by atoms with Crippen molar-refractivity contribution < 1.29 is 4.84 Å². The van der Waals surface area contributed by atoms with Crippen molar-refractivity contribution in [2.24, 2.45) is 5.73 Å². The molecule has 62 valence electrons. The minimum Gasteiger partial charge on any atom is -0.368 e. The highest BCUT2D eigenvalue weighted by atomic mass is 16.7. The molecule has 0 bridgehead atoms. The standard InChI is InChI=1S/C7H13N3O/c1-3-5-10(6-4-2)11-7(8)9/h3-4H,1-2,5-6H2,(H3,8,9). The predicted molar refractivity (Wildman–Crippen MR) is 45.0 cm³/mol. The van der Waals surface area contributed by atoms with Crippen molar-refractivity contribution >= 4 is 6.02 Å². The lowest BCUT2D eigenvalue weighted by Crippen LogP contribution is -2.30. The summed E-state index contributed by atoms with van der Waals surface area (Å²) < 4.78 is 0. The van der Waals surface area contributed by atoms with Crippen molar-refractivity contribution in [3.05, 3.63) is 25.3 Å². The summed E-state index contributed by atoms with van der Waals surface area (Å²) in [5, 5.41) is 8.30. The number of hydroxylamine groups is 2. The SMILES string of the molecule is C=CCN(CC=C)OC(=N)N. The van der Waals surface area contributed by atoms with Crippen LogP contribution in [0.3, 0.4) is 0 Å². The summed E-state index contributed by atoms with van der Waals surface area (Å²) in [5.41, 5.74) is 5.00. The third-order valence-corrected chi connectivity index (χ3v) is 0.893. The van der Waals surface area contributed by atoms with Crippen LogP contribution in [0.5, 0.6) is 0 Å². The zero-order valence-corrected chi connectivity index (χ0v) is 6.42. The van der Waals surface area contributed by atoms with Gasteiger partial charge in [0, 0.05) is 0 Å². The van der Waals surface area contributed by atoms with Crippen molar-refractivity contribution in [2.45, 2.75) is 0 Å². The van der Waals surface area contributed by atoms with Crippen LogP contribution in [-0.2, 0) is 4.84 Å². The summed E-state index contributed by atoms with van der Waals surface area (Å²) in [6.07, 6.45) is 3.32. The van der Waals surface area contributed by atoms with Crippen LogP contribution >= 0.6 is 0 Å². The van der Waals surface area contributed by atoms with Gasteiger partial charge < -0.3 is 10.6 Å². The Morgan fingerprint density at radius 3 is 2.18 bits per heavy atom. The van der Waals surface area contributed by atoms with Gasteiger partial charge in [0.1, 0.15) is 0 Å². The first-order valence-corrected chi connectivity index (χ1v) is 3.19. The molecule has 0 unspecified atom stereocenters. The molecule has 0 aromatic rings. The number of amidine groups is 1. The van der Waals surface area contributed by atoms with E-state index >= 15 is 0 Å². The van der Waals surface area contributed by atoms with Gasteiger partial charge in [0.2, 0.25) is 0 Å². The molecule has 0 aliphatic rings. The Labute approximate surface area is 66.4 Å². The van der Waals surface area contributed by atoms with Crippen LogP contribution in [0.4, 0.5) is 0 Å². The fraction of sp³-hybridized carbons (Fsp3) is 0.286. The molecule has 0 heterocycles. The molecule has 0 fully saturated rings. The Balaban J connectivity index is 3.76. The molecule has 0 saturated carbocycles. The average Bonchev–Trinajstić information content (AvgIpc) is 1.87. The smallest absolute Gasteiger partial charge is 0.299 e. The van der Waals surface area contributed by atoms with Gasteiger partial charge in [0.25, 0.3) is 6.02 Å². The Kier molecular flexibility index (Phi) is 4.85. The van der Waals surface area contributed by atoms with E-state index in [9.17, 15) is 0 Å². The molecule has 3 N–H and O–H groups in total. The Bertz CT molecular complexity index is 146. The monoisotopic (exact) mass is 155 g/mol. The van der Waals surface area contributed by atoms with Gasteiger partial charge in [-0.1, -0.05) is 12.2 Å². The molecule has 0 aliphatic heterocycles. The number of nitrogens with two attached hydrogens (primary N) is 1. The highest BCUT2D eigenvalue weighted by Gasteiger charge is 2.00. The van der Waals surface area contributed by atoms with Crippen molar-refractivity contribution in [3.8, 4) is 0 Å². The minimum atomic E-state index is -0.325. The first-order valence-electron chi connectivity index (χ1n) is 3.19. The van der Waals surface area contributed by atoms with Crippen LogP contribution in [-0.4, -0.2) is 24.2 Å². The molecular formula is C7H13N3O. The molecule has 4 nitrogen and oxygen atoms in total. The van der Waals surface area contributed by atoms with Gasteiger partial charge >= 0.3 is 0 Å². The van der Waals surface area contributed by atoms with Crippen LogP contribution in [0.2, 0.25) is 0 Å². The molecule has 0 aromatic carbocycles. The second-order valence-corrected chi connectivity index (χ2v) is 1.88. The molecule has 0 saturated heterocycles. The lowest BCUT2D eigenvalue weighted by atomic mass is 10.5. The van der Waals surface area contributed by atoms with E-state index in [1.807, 2.05) is 0 Å². The zero-order valence-electron chi connectivity index (χ0n) is 6.42. The lowest BCUT2D eigenvalue weighted by Gasteiger charge is -2.16. The quantitative estimate of drug-likeness (QED) is 0.263. The first kappa shape index (κ1) is 9.71. The van der Waals surface area contributed by atoms with E-state index in [0.717, 1.165) is 0 Å². The van der Waals surface area contributed by atoms with Crippen molar-refractivity contribution in [1.82, 2.24) is 5.06 Å². The molecule has 0 atom stereocenters. The van der Waals surface area contributed by atoms with Crippen LogP contribution in [0, 0.1) is 5.41 Å². The van der Waals surface area contributed by atoms with Gasteiger partial charge in [0.05, 0.1) is 13.1 Å². The fourth-order valence-corrected chi connectivity index (χ4v) is 0.576. The predicted octanol–water partition coefficient (Wildman–Crippen LogP) is 0.485. The number of rotatable bonds is 5. The van der Waals surface area contributed by atoms with Gasteiger partial charge in [-0.2, -0.15) is 0 Å². The summed E-state index contributed by atoms with van der Waals surface area (Å²) >= 11 is 0. The van der Waals surface area contributed by atoms with Gasteiger partial charge in [-0.15, -0.1) is 18.2 Å². The maximum atomic E-state index is 6.83. The van der Waals surface area contributed by atoms with E-state index in [4.69, 9.17) is 16.0 Å². The van der Waals surface area contributed by atoms with E-state index < -0.39 is 0 Å². The second kappa shape index (κ2) is 5.49. The van der Waals surface area contributed by atoms with Gasteiger partial charge in [0.15, 0.2) is 0 Å². The molecule has 0 amide bonds. The summed E-state index contributed by atoms with van der Waals surface area (Å²) in [5.74, 6) is 0. The van der Waals surface area contributed by atoms with E-state index in [0.29, 0.717) is 13.1 Å².